The Morgan fingerprint density at radius 2 is 2.15 bits per heavy atom. The number of hydrogen-bond acceptors (Lipinski definition) is 3. The predicted molar refractivity (Wildman–Crippen MR) is 48.2 cm³/mol. The molecule has 0 bridgehead atoms. The quantitative estimate of drug-likeness (QED) is 0.741. The molecule has 1 aromatic carbocycles. The van der Waals surface area contributed by atoms with Crippen molar-refractivity contribution in [2.45, 2.75) is 13.3 Å². The van der Waals surface area contributed by atoms with Gasteiger partial charge < -0.3 is 0 Å². The van der Waals surface area contributed by atoms with Gasteiger partial charge in [0.25, 0.3) is 0 Å². The van der Waals surface area contributed by atoms with Gasteiger partial charge in [-0.15, -0.1) is 10.2 Å². The molecule has 0 aliphatic heterocycles. The molecule has 1 aromatic heterocycles. The monoisotopic (exact) mass is 174 g/mol. The molecule has 0 saturated carbocycles. The van der Waals surface area contributed by atoms with Crippen LogP contribution in [-0.4, -0.2) is 20.6 Å². The molecule has 0 spiro atoms. The maximum absolute atomic E-state index is 3.91. The molecule has 0 aliphatic carbocycles. The minimum Gasteiger partial charge on any atom is -0.177 e. The van der Waals surface area contributed by atoms with Crippen LogP contribution in [0.3, 0.4) is 0 Å². The average molecular weight is 174 g/mol. The molecular formula is C9H10N4. The second kappa shape index (κ2) is 3.35. The normalized spacial score (nSPS) is 10.2. The fourth-order valence-corrected chi connectivity index (χ4v) is 1.24. The van der Waals surface area contributed by atoms with Crippen molar-refractivity contribution >= 4 is 0 Å². The van der Waals surface area contributed by atoms with E-state index < -0.39 is 0 Å². The van der Waals surface area contributed by atoms with Gasteiger partial charge in [0.1, 0.15) is 0 Å². The van der Waals surface area contributed by atoms with Gasteiger partial charge in [-0.25, -0.2) is 0 Å². The summed E-state index contributed by atoms with van der Waals surface area (Å²) in [6.45, 7) is 2.08. The highest BCUT2D eigenvalue weighted by atomic mass is 15.5. The van der Waals surface area contributed by atoms with Crippen LogP contribution in [-0.2, 0) is 6.42 Å². The average Bonchev–Trinajstić information content (AvgIpc) is 2.61. The Morgan fingerprint density at radius 3 is 2.85 bits per heavy atom. The summed E-state index contributed by atoms with van der Waals surface area (Å²) in [7, 11) is 0. The third kappa shape index (κ3) is 1.72. The van der Waals surface area contributed by atoms with Gasteiger partial charge in [0, 0.05) is 6.42 Å². The first-order chi connectivity index (χ1) is 6.36. The van der Waals surface area contributed by atoms with E-state index in [2.05, 4.69) is 39.7 Å². The van der Waals surface area contributed by atoms with Crippen LogP contribution < -0.4 is 0 Å². The molecule has 0 aliphatic rings. The van der Waals surface area contributed by atoms with Crippen molar-refractivity contribution in [1.82, 2.24) is 20.6 Å². The molecule has 4 heteroatoms. The zero-order valence-electron chi connectivity index (χ0n) is 7.36. The molecule has 0 amide bonds. The topological polar surface area (TPSA) is 54.5 Å². The molecule has 0 unspecified atom stereocenters. The van der Waals surface area contributed by atoms with Crippen molar-refractivity contribution < 1.29 is 0 Å². The van der Waals surface area contributed by atoms with Gasteiger partial charge in [0.05, 0.1) is 0 Å². The summed E-state index contributed by atoms with van der Waals surface area (Å²) in [5, 5.41) is 13.8. The van der Waals surface area contributed by atoms with Gasteiger partial charge in [-0.3, -0.25) is 0 Å². The van der Waals surface area contributed by atoms with Crippen LogP contribution in [0.4, 0.5) is 0 Å². The number of nitrogens with one attached hydrogen (secondary N) is 1. The number of nitrogens with zero attached hydrogens (tertiary/aromatic N) is 3. The number of tetrazole rings is 1. The molecule has 0 saturated heterocycles. The summed E-state index contributed by atoms with van der Waals surface area (Å²) in [5.41, 5.74) is 2.50. The molecule has 13 heavy (non-hydrogen) atoms. The summed E-state index contributed by atoms with van der Waals surface area (Å²) in [4.78, 5) is 0. The number of aryl methyl sites for hydroxylation is 1. The number of rotatable bonds is 2. The van der Waals surface area contributed by atoms with Gasteiger partial charge in [-0.1, -0.05) is 29.5 Å². The third-order valence-corrected chi connectivity index (χ3v) is 2.00. The Kier molecular flexibility index (Phi) is 2.04. The number of benzene rings is 1. The molecule has 66 valence electrons. The van der Waals surface area contributed by atoms with Gasteiger partial charge in [0.15, 0.2) is 5.82 Å². The van der Waals surface area contributed by atoms with E-state index in [0.29, 0.717) is 0 Å². The first-order valence-corrected chi connectivity index (χ1v) is 4.13. The molecule has 1 heterocycles. The lowest BCUT2D eigenvalue weighted by Gasteiger charge is -2.00. The Morgan fingerprint density at radius 1 is 1.31 bits per heavy atom. The van der Waals surface area contributed by atoms with Crippen molar-refractivity contribution in [2.75, 3.05) is 0 Å². The maximum atomic E-state index is 3.91. The molecule has 1 N–H and O–H groups in total. The van der Waals surface area contributed by atoms with Crippen LogP contribution in [0.2, 0.25) is 0 Å². The molecule has 0 fully saturated rings. The van der Waals surface area contributed by atoms with Gasteiger partial charge >= 0.3 is 0 Å². The van der Waals surface area contributed by atoms with Gasteiger partial charge in [-0.2, -0.15) is 5.21 Å². The van der Waals surface area contributed by atoms with E-state index in [1.807, 2.05) is 12.1 Å². The van der Waals surface area contributed by atoms with Crippen molar-refractivity contribution in [3.8, 4) is 0 Å². The smallest absolute Gasteiger partial charge is 0.177 e. The van der Waals surface area contributed by atoms with E-state index in [9.17, 15) is 0 Å². The Bertz CT molecular complexity index is 380. The zero-order chi connectivity index (χ0) is 9.10. The minimum atomic E-state index is 0.731. The second-order valence-corrected chi connectivity index (χ2v) is 2.93. The number of aromatic nitrogens is 4. The summed E-state index contributed by atoms with van der Waals surface area (Å²) >= 11 is 0. The molecule has 0 radical (unpaired) electrons. The standard InChI is InChI=1S/C9H10N4/c1-7-4-2-3-5-8(7)6-9-10-12-13-11-9/h2-5H,6H2,1H3,(H,10,11,12,13). The van der Waals surface area contributed by atoms with Crippen molar-refractivity contribution in [3.63, 3.8) is 0 Å². The van der Waals surface area contributed by atoms with Crippen molar-refractivity contribution in [2.24, 2.45) is 0 Å². The minimum absolute atomic E-state index is 0.731. The second-order valence-electron chi connectivity index (χ2n) is 2.93. The van der Waals surface area contributed by atoms with E-state index in [0.717, 1.165) is 12.2 Å². The Hall–Kier alpha value is -1.71. The van der Waals surface area contributed by atoms with E-state index in [4.69, 9.17) is 0 Å². The highest BCUT2D eigenvalue weighted by Gasteiger charge is 2.01. The molecular weight excluding hydrogens is 164 g/mol. The lowest BCUT2D eigenvalue weighted by Crippen LogP contribution is -1.93. The van der Waals surface area contributed by atoms with Crippen LogP contribution in [0.15, 0.2) is 24.3 Å². The molecule has 4 nitrogen and oxygen atoms in total. The van der Waals surface area contributed by atoms with Gasteiger partial charge in [-0.05, 0) is 18.1 Å². The third-order valence-electron chi connectivity index (χ3n) is 2.00. The summed E-state index contributed by atoms with van der Waals surface area (Å²) < 4.78 is 0. The predicted octanol–water partition coefficient (Wildman–Crippen LogP) is 1.10. The summed E-state index contributed by atoms with van der Waals surface area (Å²) in [6.07, 6.45) is 0.739. The maximum Gasteiger partial charge on any atom is 0.178 e. The largest absolute Gasteiger partial charge is 0.178 e. The first kappa shape index (κ1) is 7.91. The van der Waals surface area contributed by atoms with Crippen LogP contribution >= 0.6 is 0 Å². The highest BCUT2D eigenvalue weighted by Crippen LogP contribution is 2.09. The van der Waals surface area contributed by atoms with Gasteiger partial charge in [0.2, 0.25) is 0 Å². The lowest BCUT2D eigenvalue weighted by atomic mass is 10.1. The lowest BCUT2D eigenvalue weighted by molar-refractivity contribution is 0.881. The summed E-state index contributed by atoms with van der Waals surface area (Å²) in [6, 6.07) is 8.19. The van der Waals surface area contributed by atoms with Crippen molar-refractivity contribution in [3.05, 3.63) is 41.2 Å². The summed E-state index contributed by atoms with van der Waals surface area (Å²) in [5.74, 6) is 0.731. The Balaban J connectivity index is 2.24. The fourth-order valence-electron chi connectivity index (χ4n) is 1.24. The fraction of sp³-hybridized carbons (Fsp3) is 0.222. The van der Waals surface area contributed by atoms with Crippen LogP contribution in [0, 0.1) is 6.92 Å². The van der Waals surface area contributed by atoms with Crippen LogP contribution in [0.1, 0.15) is 17.0 Å². The van der Waals surface area contributed by atoms with E-state index in [1.165, 1.54) is 11.1 Å². The van der Waals surface area contributed by atoms with E-state index in [1.54, 1.807) is 0 Å². The van der Waals surface area contributed by atoms with E-state index in [-0.39, 0.29) is 0 Å². The van der Waals surface area contributed by atoms with Crippen LogP contribution in [0.25, 0.3) is 0 Å². The molecule has 2 rings (SSSR count). The number of H-pyrrole nitrogens is 1. The highest BCUT2D eigenvalue weighted by molar-refractivity contribution is 5.27. The SMILES string of the molecule is Cc1ccccc1Cc1nn[nH]n1. The Labute approximate surface area is 76.0 Å². The van der Waals surface area contributed by atoms with Crippen LogP contribution in [0.5, 0.6) is 0 Å². The molecule has 2 aromatic rings. The molecule has 0 atom stereocenters. The zero-order valence-corrected chi connectivity index (χ0v) is 7.36. The number of hydrogen-bond donors (Lipinski definition) is 1. The number of aromatic amines is 1. The first-order valence-electron chi connectivity index (χ1n) is 4.13. The van der Waals surface area contributed by atoms with E-state index >= 15 is 0 Å². The van der Waals surface area contributed by atoms with Crippen molar-refractivity contribution in [1.29, 1.82) is 0 Å².